The summed E-state index contributed by atoms with van der Waals surface area (Å²) >= 11 is 0. The molecule has 2 N–H and O–H groups in total. The van der Waals surface area contributed by atoms with Gasteiger partial charge in [-0.1, -0.05) is 32.9 Å². The third-order valence-corrected chi connectivity index (χ3v) is 5.73. The number of esters is 1. The maximum atomic E-state index is 12.6. The SMILES string of the molecule is COc1ccc([N+](=O)[O-])c(NC(=O)COC(=O)[C@@H]2CC(=O)N(NC(=O)c3ccc(C(C)(C)C)cc3)C2)c1. The van der Waals surface area contributed by atoms with Gasteiger partial charge in [0.25, 0.3) is 17.5 Å². The van der Waals surface area contributed by atoms with Gasteiger partial charge < -0.3 is 14.8 Å². The van der Waals surface area contributed by atoms with Gasteiger partial charge in [0.2, 0.25) is 5.91 Å². The molecule has 0 radical (unpaired) electrons. The van der Waals surface area contributed by atoms with Crippen molar-refractivity contribution in [2.75, 3.05) is 25.6 Å². The van der Waals surface area contributed by atoms with Gasteiger partial charge in [0, 0.05) is 24.1 Å². The summed E-state index contributed by atoms with van der Waals surface area (Å²) < 4.78 is 10.0. The predicted octanol–water partition coefficient (Wildman–Crippen LogP) is 2.58. The first kappa shape index (κ1) is 27.1. The molecule has 1 aliphatic rings. The number of methoxy groups -OCH3 is 1. The summed E-state index contributed by atoms with van der Waals surface area (Å²) in [5.41, 5.74) is 3.35. The Labute approximate surface area is 213 Å². The van der Waals surface area contributed by atoms with Crippen molar-refractivity contribution >= 4 is 35.1 Å². The zero-order chi connectivity index (χ0) is 27.3. The molecule has 0 bridgehead atoms. The number of nitrogens with zero attached hydrogens (tertiary/aromatic N) is 2. The van der Waals surface area contributed by atoms with E-state index < -0.39 is 41.1 Å². The van der Waals surface area contributed by atoms with Crippen molar-refractivity contribution in [2.24, 2.45) is 5.92 Å². The van der Waals surface area contributed by atoms with Crippen LogP contribution in [-0.2, 0) is 24.5 Å². The fourth-order valence-electron chi connectivity index (χ4n) is 3.62. The quantitative estimate of drug-likeness (QED) is 0.310. The summed E-state index contributed by atoms with van der Waals surface area (Å²) in [6.45, 7) is 5.32. The van der Waals surface area contributed by atoms with Crippen LogP contribution in [0.2, 0.25) is 0 Å². The van der Waals surface area contributed by atoms with Gasteiger partial charge in [0.05, 0.1) is 24.5 Å². The molecule has 12 heteroatoms. The van der Waals surface area contributed by atoms with E-state index >= 15 is 0 Å². The van der Waals surface area contributed by atoms with Gasteiger partial charge >= 0.3 is 5.97 Å². The van der Waals surface area contributed by atoms with Crippen LogP contribution in [0.1, 0.15) is 43.1 Å². The van der Waals surface area contributed by atoms with Gasteiger partial charge in [-0.05, 0) is 29.2 Å². The van der Waals surface area contributed by atoms with Crippen LogP contribution >= 0.6 is 0 Å². The minimum absolute atomic E-state index is 0.0763. The molecule has 3 rings (SSSR count). The topological polar surface area (TPSA) is 157 Å². The number of nitro benzene ring substituents is 1. The summed E-state index contributed by atoms with van der Waals surface area (Å²) in [4.78, 5) is 60.1. The fourth-order valence-corrected chi connectivity index (χ4v) is 3.62. The van der Waals surface area contributed by atoms with Crippen LogP contribution in [-0.4, -0.2) is 53.9 Å². The average Bonchev–Trinajstić information content (AvgIpc) is 3.21. The highest BCUT2D eigenvalue weighted by molar-refractivity contribution is 5.97. The van der Waals surface area contributed by atoms with E-state index in [1.54, 1.807) is 12.1 Å². The van der Waals surface area contributed by atoms with Gasteiger partial charge in [-0.2, -0.15) is 0 Å². The van der Waals surface area contributed by atoms with Gasteiger partial charge in [-0.3, -0.25) is 39.7 Å². The van der Waals surface area contributed by atoms with E-state index in [4.69, 9.17) is 9.47 Å². The molecule has 12 nitrogen and oxygen atoms in total. The molecule has 2 aromatic carbocycles. The lowest BCUT2D eigenvalue weighted by Crippen LogP contribution is -2.43. The van der Waals surface area contributed by atoms with Gasteiger partial charge in [-0.15, -0.1) is 0 Å². The number of hydrogen-bond acceptors (Lipinski definition) is 8. The fraction of sp³-hybridized carbons (Fsp3) is 0.360. The van der Waals surface area contributed by atoms with E-state index in [0.29, 0.717) is 5.56 Å². The van der Waals surface area contributed by atoms with E-state index in [-0.39, 0.29) is 35.5 Å². The second-order valence-electron chi connectivity index (χ2n) is 9.47. The largest absolute Gasteiger partial charge is 0.497 e. The van der Waals surface area contributed by atoms with Crippen LogP contribution in [0, 0.1) is 16.0 Å². The first-order valence-corrected chi connectivity index (χ1v) is 11.4. The van der Waals surface area contributed by atoms with Crippen LogP contribution in [0.25, 0.3) is 0 Å². The van der Waals surface area contributed by atoms with Crippen LogP contribution in [0.3, 0.4) is 0 Å². The lowest BCUT2D eigenvalue weighted by molar-refractivity contribution is -0.383. The second-order valence-corrected chi connectivity index (χ2v) is 9.47. The van der Waals surface area contributed by atoms with Crippen molar-refractivity contribution in [3.8, 4) is 5.75 Å². The molecule has 1 atom stereocenters. The molecule has 0 saturated carbocycles. The number of carbonyl (C=O) groups excluding carboxylic acids is 4. The van der Waals surface area contributed by atoms with E-state index in [0.717, 1.165) is 10.6 Å². The van der Waals surface area contributed by atoms with Crippen molar-refractivity contribution in [3.63, 3.8) is 0 Å². The highest BCUT2D eigenvalue weighted by Gasteiger charge is 2.37. The van der Waals surface area contributed by atoms with Gasteiger partial charge in [0.1, 0.15) is 11.4 Å². The third kappa shape index (κ3) is 6.81. The first-order chi connectivity index (χ1) is 17.4. The number of benzene rings is 2. The van der Waals surface area contributed by atoms with Crippen LogP contribution in [0.5, 0.6) is 5.75 Å². The maximum Gasteiger partial charge on any atom is 0.311 e. The number of carbonyl (C=O) groups is 4. The molecule has 1 aliphatic heterocycles. The molecule has 0 aromatic heterocycles. The minimum atomic E-state index is -0.893. The molecule has 2 aromatic rings. The Hall–Kier alpha value is -4.48. The molecule has 37 heavy (non-hydrogen) atoms. The Balaban J connectivity index is 1.53. The second kappa shape index (κ2) is 11.1. The highest BCUT2D eigenvalue weighted by Crippen LogP contribution is 2.29. The van der Waals surface area contributed by atoms with Gasteiger partial charge in [0.15, 0.2) is 6.61 Å². The van der Waals surface area contributed by atoms with Crippen molar-refractivity contribution in [1.82, 2.24) is 10.4 Å². The average molecular weight is 513 g/mol. The number of amides is 3. The molecule has 196 valence electrons. The van der Waals surface area contributed by atoms with E-state index in [2.05, 4.69) is 31.5 Å². The van der Waals surface area contributed by atoms with Crippen molar-refractivity contribution in [1.29, 1.82) is 0 Å². The first-order valence-electron chi connectivity index (χ1n) is 11.4. The summed E-state index contributed by atoms with van der Waals surface area (Å²) in [6.07, 6.45) is -0.203. The van der Waals surface area contributed by atoms with Gasteiger partial charge in [-0.25, -0.2) is 0 Å². The smallest absolute Gasteiger partial charge is 0.311 e. The Bertz CT molecular complexity index is 1220. The molecule has 0 spiro atoms. The predicted molar refractivity (Wildman–Crippen MR) is 132 cm³/mol. The number of nitro groups is 1. The Kier molecular flexibility index (Phi) is 8.11. The molecule has 1 heterocycles. The molecule has 1 fully saturated rings. The summed E-state index contributed by atoms with van der Waals surface area (Å²) in [5, 5.41) is 14.6. The molecule has 1 saturated heterocycles. The molecule has 0 unspecified atom stereocenters. The van der Waals surface area contributed by atoms with Crippen molar-refractivity contribution < 1.29 is 33.6 Å². The number of hydrazine groups is 1. The minimum Gasteiger partial charge on any atom is -0.497 e. The summed E-state index contributed by atoms with van der Waals surface area (Å²) in [5.74, 6) is -3.20. The standard InChI is InChI=1S/C25H28N4O8/c1-25(2,3)17-7-5-15(6-8-17)23(32)27-28-13-16(11-22(28)31)24(33)37-14-21(30)26-19-12-18(36-4)9-10-20(19)29(34)35/h5-10,12,16H,11,13-14H2,1-4H3,(H,26,30)(H,27,32)/t16-/m1/s1. The van der Waals surface area contributed by atoms with Crippen molar-refractivity contribution in [3.05, 3.63) is 63.7 Å². The normalized spacial score (nSPS) is 15.2. The van der Waals surface area contributed by atoms with Crippen LogP contribution in [0.15, 0.2) is 42.5 Å². The van der Waals surface area contributed by atoms with E-state index in [1.807, 2.05) is 12.1 Å². The van der Waals surface area contributed by atoms with Crippen LogP contribution < -0.4 is 15.5 Å². The monoisotopic (exact) mass is 512 g/mol. The Morgan fingerprint density at radius 3 is 2.41 bits per heavy atom. The number of anilines is 1. The Morgan fingerprint density at radius 2 is 1.81 bits per heavy atom. The maximum absolute atomic E-state index is 12.6. The molecule has 0 aliphatic carbocycles. The summed E-state index contributed by atoms with van der Waals surface area (Å²) in [6, 6.07) is 10.8. The third-order valence-electron chi connectivity index (χ3n) is 5.73. The molecule has 3 amide bonds. The Morgan fingerprint density at radius 1 is 1.14 bits per heavy atom. The van der Waals surface area contributed by atoms with Crippen molar-refractivity contribution in [2.45, 2.75) is 32.6 Å². The lowest BCUT2D eigenvalue weighted by atomic mass is 9.87. The zero-order valence-corrected chi connectivity index (χ0v) is 20.9. The summed E-state index contributed by atoms with van der Waals surface area (Å²) in [7, 11) is 1.37. The highest BCUT2D eigenvalue weighted by atomic mass is 16.6. The van der Waals surface area contributed by atoms with Crippen LogP contribution in [0.4, 0.5) is 11.4 Å². The van der Waals surface area contributed by atoms with E-state index in [1.165, 1.54) is 25.3 Å². The number of hydrogen-bond donors (Lipinski definition) is 2. The zero-order valence-electron chi connectivity index (χ0n) is 20.9. The number of nitrogens with one attached hydrogen (secondary N) is 2. The number of rotatable bonds is 8. The lowest BCUT2D eigenvalue weighted by Gasteiger charge is -2.20. The molecular weight excluding hydrogens is 484 g/mol. The number of ether oxygens (including phenoxy) is 2. The van der Waals surface area contributed by atoms with E-state index in [9.17, 15) is 29.3 Å². The molecular formula is C25H28N4O8.